The zero-order valence-corrected chi connectivity index (χ0v) is 20.4. The summed E-state index contributed by atoms with van der Waals surface area (Å²) in [6.45, 7) is -1.52. The molecule has 15 heteroatoms. The third kappa shape index (κ3) is 5.53. The lowest BCUT2D eigenvalue weighted by molar-refractivity contribution is -0.207. The lowest BCUT2D eigenvalue weighted by atomic mass is 10.2. The molecule has 4 aromatic rings. The van der Waals surface area contributed by atoms with Gasteiger partial charge in [0.25, 0.3) is 0 Å². The Kier molecular flexibility index (Phi) is 7.39. The van der Waals surface area contributed by atoms with Crippen LogP contribution in [-0.2, 0) is 17.8 Å². The summed E-state index contributed by atoms with van der Waals surface area (Å²) in [5.74, 6) is -1.31. The van der Waals surface area contributed by atoms with E-state index in [0.29, 0.717) is 15.3 Å². The van der Waals surface area contributed by atoms with Crippen molar-refractivity contribution in [3.8, 4) is 17.1 Å². The van der Waals surface area contributed by atoms with E-state index in [9.17, 15) is 27.9 Å². The monoisotopic (exact) mass is 556 g/mol. The van der Waals surface area contributed by atoms with Crippen molar-refractivity contribution in [3.63, 3.8) is 0 Å². The molecule has 0 unspecified atom stereocenters. The lowest BCUT2D eigenvalue weighted by Gasteiger charge is -2.15. The summed E-state index contributed by atoms with van der Waals surface area (Å²) in [5, 5.41) is 18.6. The highest BCUT2D eigenvalue weighted by Gasteiger charge is 2.39. The van der Waals surface area contributed by atoms with Gasteiger partial charge in [0, 0.05) is 10.6 Å². The Balaban J connectivity index is 1.79. The van der Waals surface area contributed by atoms with E-state index in [1.165, 1.54) is 24.3 Å². The molecule has 2 aromatic carbocycles. The van der Waals surface area contributed by atoms with E-state index in [0.717, 1.165) is 16.5 Å². The molecule has 0 saturated heterocycles. The summed E-state index contributed by atoms with van der Waals surface area (Å²) in [6.07, 6.45) is -7.79. The van der Waals surface area contributed by atoms with E-state index >= 15 is 0 Å². The van der Waals surface area contributed by atoms with Gasteiger partial charge in [0.1, 0.15) is 6.54 Å². The zero-order valence-electron chi connectivity index (χ0n) is 18.9. The summed E-state index contributed by atoms with van der Waals surface area (Å²) < 4.78 is 46.6. The molecule has 2 heterocycles. The number of carbonyl (C=O) groups excluding carboxylic acids is 1. The molecule has 0 aliphatic rings. The number of aromatic nitrogens is 6. The summed E-state index contributed by atoms with van der Waals surface area (Å²) in [5.41, 5.74) is -0.391. The molecular weight excluding hydrogens is 540 g/mol. The molecule has 10 nitrogen and oxygen atoms in total. The second kappa shape index (κ2) is 10.4. The van der Waals surface area contributed by atoms with E-state index < -0.39 is 37.0 Å². The Hall–Kier alpha value is -3.68. The van der Waals surface area contributed by atoms with Crippen molar-refractivity contribution in [1.82, 2.24) is 29.1 Å². The largest absolute Gasteiger partial charge is 0.463 e. The standard InChI is InChI=1S/C22H17Cl2F3N6O4/c1-37-20(35)19-28-17(29-33(19)15-5-3-2-4-14(15)24)11-32-21(36)31(10-16(34)22(25,26)27)18(30-32)12-6-8-13(23)9-7-12/h2-9,16,34H,10-11H2,1H3/t16-/m0/s1. The fourth-order valence-electron chi connectivity index (χ4n) is 3.37. The minimum Gasteiger partial charge on any atom is -0.463 e. The number of hydrogen-bond donors (Lipinski definition) is 1. The number of benzene rings is 2. The zero-order chi connectivity index (χ0) is 26.9. The number of hydrogen-bond acceptors (Lipinski definition) is 7. The second-order valence-corrected chi connectivity index (χ2v) is 8.49. The van der Waals surface area contributed by atoms with Crippen LogP contribution in [-0.4, -0.2) is 59.6 Å². The average Bonchev–Trinajstić information content (AvgIpc) is 3.40. The predicted octanol–water partition coefficient (Wildman–Crippen LogP) is 3.36. The Morgan fingerprint density at radius 2 is 1.78 bits per heavy atom. The first-order chi connectivity index (χ1) is 17.5. The molecule has 0 radical (unpaired) electrons. The highest BCUT2D eigenvalue weighted by atomic mass is 35.5. The molecule has 194 valence electrons. The first-order valence-corrected chi connectivity index (χ1v) is 11.2. The first-order valence-electron chi connectivity index (χ1n) is 10.5. The van der Waals surface area contributed by atoms with Gasteiger partial charge in [0.05, 0.1) is 24.4 Å². The van der Waals surface area contributed by atoms with Crippen LogP contribution in [0.2, 0.25) is 10.0 Å². The molecule has 4 rings (SSSR count). The number of nitrogens with zero attached hydrogens (tertiary/aromatic N) is 6. The van der Waals surface area contributed by atoms with Crippen molar-refractivity contribution in [2.75, 3.05) is 7.11 Å². The smallest absolute Gasteiger partial charge is 0.416 e. The first kappa shape index (κ1) is 26.4. The van der Waals surface area contributed by atoms with E-state index in [1.54, 1.807) is 24.3 Å². The molecule has 2 aromatic heterocycles. The molecule has 0 saturated carbocycles. The topological polar surface area (TPSA) is 117 Å². The van der Waals surface area contributed by atoms with Crippen LogP contribution < -0.4 is 5.69 Å². The highest BCUT2D eigenvalue weighted by Crippen LogP contribution is 2.25. The lowest BCUT2D eigenvalue weighted by Crippen LogP contribution is -2.37. The fourth-order valence-corrected chi connectivity index (χ4v) is 3.71. The quantitative estimate of drug-likeness (QED) is 0.347. The number of alkyl halides is 3. The molecule has 0 aliphatic carbocycles. The maximum Gasteiger partial charge on any atom is 0.416 e. The number of methoxy groups -OCH3 is 1. The van der Waals surface area contributed by atoms with E-state index in [-0.39, 0.29) is 28.1 Å². The van der Waals surface area contributed by atoms with Crippen molar-refractivity contribution in [2.24, 2.45) is 0 Å². The normalized spacial score (nSPS) is 12.5. The van der Waals surface area contributed by atoms with Gasteiger partial charge in [-0.1, -0.05) is 35.3 Å². The molecule has 37 heavy (non-hydrogen) atoms. The van der Waals surface area contributed by atoms with Gasteiger partial charge in [-0.3, -0.25) is 4.57 Å². The van der Waals surface area contributed by atoms with Gasteiger partial charge in [0.2, 0.25) is 5.82 Å². The van der Waals surface area contributed by atoms with Crippen LogP contribution in [0.5, 0.6) is 0 Å². The summed E-state index contributed by atoms with van der Waals surface area (Å²) in [4.78, 5) is 29.5. The van der Waals surface area contributed by atoms with Crippen molar-refractivity contribution < 1.29 is 27.8 Å². The number of ether oxygens (including phenoxy) is 1. The van der Waals surface area contributed by atoms with Crippen molar-refractivity contribution in [2.45, 2.75) is 25.4 Å². The van der Waals surface area contributed by atoms with E-state index in [4.69, 9.17) is 27.9 Å². The summed E-state index contributed by atoms with van der Waals surface area (Å²) >= 11 is 12.1. The molecule has 0 bridgehead atoms. The highest BCUT2D eigenvalue weighted by molar-refractivity contribution is 6.32. The number of rotatable bonds is 7. The van der Waals surface area contributed by atoms with Gasteiger partial charge in [-0.05, 0) is 36.4 Å². The minimum absolute atomic E-state index is 0.0777. The van der Waals surface area contributed by atoms with Gasteiger partial charge in [0.15, 0.2) is 17.8 Å². The van der Waals surface area contributed by atoms with Crippen LogP contribution in [0.25, 0.3) is 17.1 Å². The molecule has 0 fully saturated rings. The number of esters is 1. The molecule has 0 aliphatic heterocycles. The summed E-state index contributed by atoms with van der Waals surface area (Å²) in [7, 11) is 1.14. The van der Waals surface area contributed by atoms with Gasteiger partial charge >= 0.3 is 17.8 Å². The Morgan fingerprint density at radius 1 is 1.11 bits per heavy atom. The number of carbonyl (C=O) groups is 1. The van der Waals surface area contributed by atoms with Crippen molar-refractivity contribution >= 4 is 29.2 Å². The van der Waals surface area contributed by atoms with Gasteiger partial charge in [-0.2, -0.15) is 13.2 Å². The second-order valence-electron chi connectivity index (χ2n) is 7.65. The number of aliphatic hydroxyl groups excluding tert-OH is 1. The molecule has 0 spiro atoms. The third-order valence-electron chi connectivity index (χ3n) is 5.15. The average molecular weight is 557 g/mol. The van der Waals surface area contributed by atoms with E-state index in [1.807, 2.05) is 0 Å². The van der Waals surface area contributed by atoms with Crippen LogP contribution >= 0.6 is 23.2 Å². The van der Waals surface area contributed by atoms with Gasteiger partial charge < -0.3 is 9.84 Å². The van der Waals surface area contributed by atoms with Gasteiger partial charge in [-0.15, -0.1) is 10.2 Å². The van der Waals surface area contributed by atoms with Crippen LogP contribution in [0.4, 0.5) is 13.2 Å². The number of aliphatic hydroxyl groups is 1. The molecule has 1 atom stereocenters. The Bertz CT molecular complexity index is 1500. The molecule has 1 N–H and O–H groups in total. The Morgan fingerprint density at radius 3 is 2.41 bits per heavy atom. The summed E-state index contributed by atoms with van der Waals surface area (Å²) in [6, 6.07) is 12.3. The van der Waals surface area contributed by atoms with Crippen LogP contribution in [0.1, 0.15) is 16.4 Å². The van der Waals surface area contributed by atoms with Gasteiger partial charge in [-0.25, -0.2) is 23.9 Å². The Labute approximate surface area is 216 Å². The van der Waals surface area contributed by atoms with Crippen molar-refractivity contribution in [3.05, 3.63) is 80.7 Å². The number of para-hydroxylation sites is 1. The SMILES string of the molecule is COC(=O)c1nc(Cn2nc(-c3ccc(Cl)cc3)n(C[C@H](O)C(F)(F)F)c2=O)nn1-c1ccccc1Cl. The van der Waals surface area contributed by atoms with E-state index in [2.05, 4.69) is 15.2 Å². The van der Waals surface area contributed by atoms with Crippen LogP contribution in [0.3, 0.4) is 0 Å². The van der Waals surface area contributed by atoms with Crippen LogP contribution in [0.15, 0.2) is 53.3 Å². The van der Waals surface area contributed by atoms with Crippen LogP contribution in [0, 0.1) is 0 Å². The maximum atomic E-state index is 13.1. The third-order valence-corrected chi connectivity index (χ3v) is 5.72. The van der Waals surface area contributed by atoms with Crippen molar-refractivity contribution in [1.29, 1.82) is 0 Å². The molecular formula is C22H17Cl2F3N6O4. The predicted molar refractivity (Wildman–Crippen MR) is 126 cm³/mol. The maximum absolute atomic E-state index is 13.1. The molecule has 0 amide bonds. The number of halogens is 5. The fraction of sp³-hybridized carbons (Fsp3) is 0.227. The minimum atomic E-state index is -4.97.